The fourth-order valence-corrected chi connectivity index (χ4v) is 1.94. The van der Waals surface area contributed by atoms with Crippen molar-refractivity contribution in [2.24, 2.45) is 0 Å². The van der Waals surface area contributed by atoms with Crippen LogP contribution in [0.25, 0.3) is 10.9 Å². The highest BCUT2D eigenvalue weighted by molar-refractivity contribution is 5.88. The molecule has 1 heterocycles. The van der Waals surface area contributed by atoms with Crippen LogP contribution in [0.2, 0.25) is 0 Å². The molecule has 2 aromatic rings. The van der Waals surface area contributed by atoms with E-state index in [0.29, 0.717) is 18.7 Å². The average molecular weight is 243 g/mol. The van der Waals surface area contributed by atoms with Crippen molar-refractivity contribution >= 4 is 16.9 Å². The van der Waals surface area contributed by atoms with E-state index in [1.54, 1.807) is 6.92 Å². The van der Waals surface area contributed by atoms with Gasteiger partial charge >= 0.3 is 5.97 Å². The zero-order valence-electron chi connectivity index (χ0n) is 10.8. The van der Waals surface area contributed by atoms with Crippen molar-refractivity contribution < 1.29 is 9.53 Å². The first-order valence-corrected chi connectivity index (χ1v) is 6.02. The maximum atomic E-state index is 11.5. The molecule has 0 fully saturated rings. The minimum absolute atomic E-state index is 0.327. The van der Waals surface area contributed by atoms with Gasteiger partial charge in [0, 0.05) is 17.3 Å². The molecule has 0 saturated carbocycles. The second kappa shape index (κ2) is 5.08. The van der Waals surface area contributed by atoms with E-state index in [0.717, 1.165) is 10.9 Å². The molecular formula is C15H17NO2. The molecule has 0 unspecified atom stereocenters. The van der Waals surface area contributed by atoms with Crippen LogP contribution in [0.3, 0.4) is 0 Å². The molecular weight excluding hydrogens is 226 g/mol. The maximum Gasteiger partial charge on any atom is 0.335 e. The Kier molecular flexibility index (Phi) is 3.51. The normalized spacial score (nSPS) is 10.6. The van der Waals surface area contributed by atoms with Crippen molar-refractivity contribution in [3.8, 4) is 0 Å². The van der Waals surface area contributed by atoms with Gasteiger partial charge in [0.2, 0.25) is 0 Å². The summed E-state index contributed by atoms with van der Waals surface area (Å²) >= 11 is 0. The van der Waals surface area contributed by atoms with E-state index in [4.69, 9.17) is 4.74 Å². The third kappa shape index (κ3) is 2.45. The summed E-state index contributed by atoms with van der Waals surface area (Å²) in [4.78, 5) is 11.5. The SMILES string of the molecule is C=C(Cn1ccc2ccc(C)cc21)C(=O)OCC. The number of aromatic nitrogens is 1. The highest BCUT2D eigenvalue weighted by Crippen LogP contribution is 2.18. The molecule has 1 aromatic carbocycles. The number of rotatable bonds is 4. The zero-order chi connectivity index (χ0) is 13.1. The van der Waals surface area contributed by atoms with E-state index < -0.39 is 0 Å². The van der Waals surface area contributed by atoms with E-state index in [1.807, 2.05) is 16.8 Å². The number of esters is 1. The van der Waals surface area contributed by atoms with Gasteiger partial charge in [-0.3, -0.25) is 0 Å². The summed E-state index contributed by atoms with van der Waals surface area (Å²) in [6.45, 7) is 8.47. The molecule has 0 aliphatic carbocycles. The summed E-state index contributed by atoms with van der Waals surface area (Å²) in [7, 11) is 0. The Morgan fingerprint density at radius 3 is 2.89 bits per heavy atom. The first kappa shape index (κ1) is 12.4. The molecule has 94 valence electrons. The predicted molar refractivity (Wildman–Crippen MR) is 72.4 cm³/mol. The van der Waals surface area contributed by atoms with Gasteiger partial charge in [0.1, 0.15) is 0 Å². The van der Waals surface area contributed by atoms with Gasteiger partial charge in [-0.1, -0.05) is 18.7 Å². The lowest BCUT2D eigenvalue weighted by molar-refractivity contribution is -0.138. The fourth-order valence-electron chi connectivity index (χ4n) is 1.94. The van der Waals surface area contributed by atoms with Crippen molar-refractivity contribution in [1.29, 1.82) is 0 Å². The topological polar surface area (TPSA) is 31.2 Å². The Morgan fingerprint density at radius 1 is 1.39 bits per heavy atom. The van der Waals surface area contributed by atoms with Crippen LogP contribution in [0, 0.1) is 6.92 Å². The van der Waals surface area contributed by atoms with E-state index in [9.17, 15) is 4.79 Å². The molecule has 0 spiro atoms. The number of hydrogen-bond acceptors (Lipinski definition) is 2. The molecule has 0 atom stereocenters. The quantitative estimate of drug-likeness (QED) is 0.610. The number of fused-ring (bicyclic) bond motifs is 1. The van der Waals surface area contributed by atoms with Crippen molar-refractivity contribution in [2.75, 3.05) is 6.61 Å². The number of nitrogens with zero attached hydrogens (tertiary/aromatic N) is 1. The molecule has 3 heteroatoms. The van der Waals surface area contributed by atoms with Gasteiger partial charge in [-0.2, -0.15) is 0 Å². The highest BCUT2D eigenvalue weighted by Gasteiger charge is 2.09. The summed E-state index contributed by atoms with van der Waals surface area (Å²) in [5.74, 6) is -0.327. The monoisotopic (exact) mass is 243 g/mol. The van der Waals surface area contributed by atoms with Gasteiger partial charge in [0.05, 0.1) is 13.2 Å². The number of aryl methyl sites for hydroxylation is 1. The first-order chi connectivity index (χ1) is 8.61. The molecule has 3 nitrogen and oxygen atoms in total. The Balaban J connectivity index is 2.24. The van der Waals surface area contributed by atoms with Gasteiger partial charge in [-0.25, -0.2) is 4.79 Å². The van der Waals surface area contributed by atoms with Crippen LogP contribution in [-0.2, 0) is 16.1 Å². The van der Waals surface area contributed by atoms with Crippen molar-refractivity contribution in [3.63, 3.8) is 0 Å². The lowest BCUT2D eigenvalue weighted by atomic mass is 10.2. The standard InChI is InChI=1S/C15H17NO2/c1-4-18-15(17)12(3)10-16-8-7-13-6-5-11(2)9-14(13)16/h5-9H,3-4,10H2,1-2H3. The van der Waals surface area contributed by atoms with Crippen molar-refractivity contribution in [2.45, 2.75) is 20.4 Å². The molecule has 18 heavy (non-hydrogen) atoms. The van der Waals surface area contributed by atoms with Crippen molar-refractivity contribution in [3.05, 3.63) is 48.2 Å². The van der Waals surface area contributed by atoms with Crippen LogP contribution in [-0.4, -0.2) is 17.1 Å². The fraction of sp³-hybridized carbons (Fsp3) is 0.267. The number of benzene rings is 1. The molecule has 0 N–H and O–H groups in total. The number of ether oxygens (including phenoxy) is 1. The third-order valence-corrected chi connectivity index (χ3v) is 2.85. The zero-order valence-corrected chi connectivity index (χ0v) is 10.8. The van der Waals surface area contributed by atoms with Gasteiger partial charge in [-0.15, -0.1) is 0 Å². The number of hydrogen-bond donors (Lipinski definition) is 0. The van der Waals surface area contributed by atoms with Gasteiger partial charge in [0.15, 0.2) is 0 Å². The minimum atomic E-state index is -0.327. The minimum Gasteiger partial charge on any atom is -0.463 e. The lowest BCUT2D eigenvalue weighted by Gasteiger charge is -2.08. The Bertz CT molecular complexity index is 596. The van der Waals surface area contributed by atoms with E-state index in [2.05, 4.69) is 31.7 Å². The van der Waals surface area contributed by atoms with Gasteiger partial charge in [0.25, 0.3) is 0 Å². The largest absolute Gasteiger partial charge is 0.463 e. The highest BCUT2D eigenvalue weighted by atomic mass is 16.5. The first-order valence-electron chi connectivity index (χ1n) is 6.02. The smallest absolute Gasteiger partial charge is 0.335 e. The summed E-state index contributed by atoms with van der Waals surface area (Å²) in [6.07, 6.45) is 1.97. The van der Waals surface area contributed by atoms with Crippen LogP contribution in [0.15, 0.2) is 42.6 Å². The molecule has 1 aromatic heterocycles. The van der Waals surface area contributed by atoms with Crippen LogP contribution < -0.4 is 0 Å². The third-order valence-electron chi connectivity index (χ3n) is 2.85. The Morgan fingerprint density at radius 2 is 2.17 bits per heavy atom. The second-order valence-electron chi connectivity index (χ2n) is 4.33. The molecule has 2 rings (SSSR count). The molecule has 0 aliphatic heterocycles. The Hall–Kier alpha value is -2.03. The van der Waals surface area contributed by atoms with Crippen LogP contribution in [0.1, 0.15) is 12.5 Å². The van der Waals surface area contributed by atoms with Gasteiger partial charge < -0.3 is 9.30 Å². The van der Waals surface area contributed by atoms with E-state index >= 15 is 0 Å². The van der Waals surface area contributed by atoms with Crippen LogP contribution in [0.5, 0.6) is 0 Å². The summed E-state index contributed by atoms with van der Waals surface area (Å²) < 4.78 is 6.95. The lowest BCUT2D eigenvalue weighted by Crippen LogP contribution is -2.11. The molecule has 0 amide bonds. The summed E-state index contributed by atoms with van der Waals surface area (Å²) in [6, 6.07) is 8.29. The number of carbonyl (C=O) groups is 1. The summed E-state index contributed by atoms with van der Waals surface area (Å²) in [5, 5.41) is 1.16. The van der Waals surface area contributed by atoms with E-state index in [-0.39, 0.29) is 5.97 Å². The van der Waals surface area contributed by atoms with Crippen LogP contribution in [0.4, 0.5) is 0 Å². The summed E-state index contributed by atoms with van der Waals surface area (Å²) in [5.41, 5.74) is 2.78. The van der Waals surface area contributed by atoms with Gasteiger partial charge in [-0.05, 0) is 36.9 Å². The molecule has 0 saturated heterocycles. The maximum absolute atomic E-state index is 11.5. The second-order valence-corrected chi connectivity index (χ2v) is 4.33. The number of carbonyl (C=O) groups excluding carboxylic acids is 1. The van der Waals surface area contributed by atoms with Crippen molar-refractivity contribution in [1.82, 2.24) is 4.57 Å². The average Bonchev–Trinajstić information content (AvgIpc) is 2.72. The molecule has 0 radical (unpaired) electrons. The Labute approximate surface area is 107 Å². The molecule has 0 bridgehead atoms. The predicted octanol–water partition coefficient (Wildman–Crippen LogP) is 3.07. The van der Waals surface area contributed by atoms with E-state index in [1.165, 1.54) is 5.56 Å². The molecule has 0 aliphatic rings. The van der Waals surface area contributed by atoms with Crippen LogP contribution >= 0.6 is 0 Å².